The summed E-state index contributed by atoms with van der Waals surface area (Å²) in [5, 5.41) is 15.3. The van der Waals surface area contributed by atoms with E-state index < -0.39 is 0 Å². The third-order valence-electron chi connectivity index (χ3n) is 2.80. The molecule has 0 unspecified atom stereocenters. The molecule has 0 saturated heterocycles. The number of hydrogen-bond donors (Lipinski definition) is 2. The van der Waals surface area contributed by atoms with E-state index in [1.54, 1.807) is 24.7 Å². The van der Waals surface area contributed by atoms with Gasteiger partial charge in [0.05, 0.1) is 13.1 Å². The number of aliphatic imine (C=N–C) groups is 1. The summed E-state index contributed by atoms with van der Waals surface area (Å²) in [6.45, 7) is 3.38. The van der Waals surface area contributed by atoms with Crippen LogP contribution in [0.5, 0.6) is 0 Å². The first-order chi connectivity index (χ1) is 9.72. The minimum atomic E-state index is 0. The third-order valence-corrected chi connectivity index (χ3v) is 3.94. The van der Waals surface area contributed by atoms with Crippen molar-refractivity contribution < 1.29 is 0 Å². The molecule has 9 heteroatoms. The molecule has 0 aliphatic rings. The lowest BCUT2D eigenvalue weighted by Gasteiger charge is -2.10. The maximum absolute atomic E-state index is 4.36. The Bertz CT molecular complexity index is 578. The lowest BCUT2D eigenvalue weighted by Crippen LogP contribution is -2.36. The molecule has 0 bridgehead atoms. The van der Waals surface area contributed by atoms with Gasteiger partial charge in [-0.1, -0.05) is 6.92 Å². The highest BCUT2D eigenvalue weighted by atomic mass is 127. The Morgan fingerprint density at radius 1 is 1.38 bits per heavy atom. The number of aromatic nitrogens is 4. The molecular formula is C12H20IN7S. The summed E-state index contributed by atoms with van der Waals surface area (Å²) in [4.78, 5) is 9.83. The third kappa shape index (κ3) is 5.23. The van der Waals surface area contributed by atoms with Crippen LogP contribution in [0.25, 0.3) is 0 Å². The van der Waals surface area contributed by atoms with Gasteiger partial charge in [0.2, 0.25) is 0 Å². The second-order valence-electron chi connectivity index (χ2n) is 4.21. The van der Waals surface area contributed by atoms with Crippen LogP contribution in [-0.2, 0) is 26.6 Å². The topological polar surface area (TPSA) is 80.0 Å². The fraction of sp³-hybridized carbons (Fsp3) is 0.500. The lowest BCUT2D eigenvalue weighted by atomic mass is 10.4. The van der Waals surface area contributed by atoms with E-state index in [0.717, 1.165) is 23.2 Å². The van der Waals surface area contributed by atoms with Gasteiger partial charge in [0.1, 0.15) is 11.3 Å². The predicted molar refractivity (Wildman–Crippen MR) is 94.9 cm³/mol. The summed E-state index contributed by atoms with van der Waals surface area (Å²) < 4.78 is 1.87. The molecule has 0 aromatic carbocycles. The Morgan fingerprint density at radius 2 is 2.14 bits per heavy atom. The minimum Gasteiger partial charge on any atom is -0.350 e. The van der Waals surface area contributed by atoms with Crippen LogP contribution >= 0.6 is 35.3 Å². The predicted octanol–water partition coefficient (Wildman–Crippen LogP) is 1.32. The van der Waals surface area contributed by atoms with Crippen LogP contribution < -0.4 is 10.6 Å². The number of rotatable bonds is 5. The van der Waals surface area contributed by atoms with E-state index in [1.807, 2.05) is 17.8 Å². The standard InChI is InChI=1S/C12H19N7S.HI/c1-4-9-5-14-11(20-9)7-16-12(13-2)15-6-10-18-17-8-19(10)3;/h5,8H,4,6-7H2,1-3H3,(H2,13,15,16);1H. The van der Waals surface area contributed by atoms with Gasteiger partial charge in [0.25, 0.3) is 0 Å². The van der Waals surface area contributed by atoms with Crippen molar-refractivity contribution in [3.63, 3.8) is 0 Å². The Balaban J connectivity index is 0.00000220. The molecular weight excluding hydrogens is 401 g/mol. The average molecular weight is 421 g/mol. The largest absolute Gasteiger partial charge is 0.350 e. The first-order valence-electron chi connectivity index (χ1n) is 6.44. The average Bonchev–Trinajstić information content (AvgIpc) is 3.08. The van der Waals surface area contributed by atoms with E-state index in [0.29, 0.717) is 13.1 Å². The summed E-state index contributed by atoms with van der Waals surface area (Å²) in [7, 11) is 3.65. The number of hydrogen-bond acceptors (Lipinski definition) is 5. The van der Waals surface area contributed by atoms with Gasteiger partial charge in [0.15, 0.2) is 11.8 Å². The lowest BCUT2D eigenvalue weighted by molar-refractivity contribution is 0.725. The van der Waals surface area contributed by atoms with Gasteiger partial charge in [-0.05, 0) is 6.42 Å². The van der Waals surface area contributed by atoms with Gasteiger partial charge >= 0.3 is 0 Å². The van der Waals surface area contributed by atoms with Crippen molar-refractivity contribution in [2.75, 3.05) is 7.05 Å². The van der Waals surface area contributed by atoms with Gasteiger partial charge in [-0.2, -0.15) is 0 Å². The fourth-order valence-corrected chi connectivity index (χ4v) is 2.41. The van der Waals surface area contributed by atoms with Crippen LogP contribution in [0.3, 0.4) is 0 Å². The molecule has 21 heavy (non-hydrogen) atoms. The van der Waals surface area contributed by atoms with E-state index >= 15 is 0 Å². The summed E-state index contributed by atoms with van der Waals surface area (Å²) in [5.41, 5.74) is 0. The Kier molecular flexibility index (Phi) is 7.57. The van der Waals surface area contributed by atoms with Crippen LogP contribution in [-0.4, -0.2) is 32.8 Å². The van der Waals surface area contributed by atoms with Crippen LogP contribution in [0.4, 0.5) is 0 Å². The molecule has 2 N–H and O–H groups in total. The Hall–Kier alpha value is -1.23. The molecule has 116 valence electrons. The highest BCUT2D eigenvalue weighted by molar-refractivity contribution is 14.0. The molecule has 2 aromatic rings. The maximum Gasteiger partial charge on any atom is 0.191 e. The van der Waals surface area contributed by atoms with E-state index in [1.165, 1.54) is 4.88 Å². The molecule has 2 aromatic heterocycles. The van der Waals surface area contributed by atoms with Crippen molar-refractivity contribution >= 4 is 41.3 Å². The molecule has 2 rings (SSSR count). The van der Waals surface area contributed by atoms with Crippen molar-refractivity contribution in [1.82, 2.24) is 30.4 Å². The monoisotopic (exact) mass is 421 g/mol. The molecule has 0 aliphatic carbocycles. The number of halogens is 1. The highest BCUT2D eigenvalue weighted by Crippen LogP contribution is 2.12. The van der Waals surface area contributed by atoms with E-state index in [4.69, 9.17) is 0 Å². The number of nitrogens with zero attached hydrogens (tertiary/aromatic N) is 5. The summed E-state index contributed by atoms with van der Waals surface area (Å²) >= 11 is 1.72. The van der Waals surface area contributed by atoms with E-state index in [9.17, 15) is 0 Å². The van der Waals surface area contributed by atoms with Gasteiger partial charge in [-0.3, -0.25) is 4.99 Å². The van der Waals surface area contributed by atoms with Gasteiger partial charge in [-0.15, -0.1) is 45.5 Å². The molecule has 0 amide bonds. The van der Waals surface area contributed by atoms with Crippen LogP contribution in [0.15, 0.2) is 17.5 Å². The molecule has 0 atom stereocenters. The molecule has 7 nitrogen and oxygen atoms in total. The Labute approximate surface area is 145 Å². The van der Waals surface area contributed by atoms with Gasteiger partial charge in [-0.25, -0.2) is 4.98 Å². The van der Waals surface area contributed by atoms with Gasteiger partial charge < -0.3 is 15.2 Å². The number of nitrogens with one attached hydrogen (secondary N) is 2. The van der Waals surface area contributed by atoms with Crippen LogP contribution in [0.1, 0.15) is 22.6 Å². The van der Waals surface area contributed by atoms with Gasteiger partial charge in [0, 0.05) is 25.2 Å². The van der Waals surface area contributed by atoms with Crippen molar-refractivity contribution in [2.45, 2.75) is 26.4 Å². The van der Waals surface area contributed by atoms with Crippen molar-refractivity contribution in [2.24, 2.45) is 12.0 Å². The van der Waals surface area contributed by atoms with Crippen LogP contribution in [0.2, 0.25) is 0 Å². The maximum atomic E-state index is 4.36. The smallest absolute Gasteiger partial charge is 0.191 e. The summed E-state index contributed by atoms with van der Waals surface area (Å²) in [5.74, 6) is 1.58. The first-order valence-corrected chi connectivity index (χ1v) is 7.25. The molecule has 0 saturated carbocycles. The van der Waals surface area contributed by atoms with Crippen molar-refractivity contribution in [3.05, 3.63) is 28.2 Å². The normalized spacial score (nSPS) is 11.1. The second kappa shape index (κ2) is 8.93. The quantitative estimate of drug-likeness (QED) is 0.433. The summed E-state index contributed by atoms with van der Waals surface area (Å²) in [6, 6.07) is 0. The van der Waals surface area contributed by atoms with E-state index in [-0.39, 0.29) is 24.0 Å². The fourth-order valence-electron chi connectivity index (χ4n) is 1.60. The summed E-state index contributed by atoms with van der Waals surface area (Å²) in [6.07, 6.45) is 4.63. The second-order valence-corrected chi connectivity index (χ2v) is 5.41. The molecule has 0 aliphatic heterocycles. The molecule has 0 spiro atoms. The van der Waals surface area contributed by atoms with Crippen molar-refractivity contribution in [3.8, 4) is 0 Å². The SMILES string of the molecule is CCc1cnc(CNC(=NC)NCc2nncn2C)s1.I. The molecule has 2 heterocycles. The number of guanidine groups is 1. The van der Waals surface area contributed by atoms with E-state index in [2.05, 4.69) is 37.7 Å². The zero-order valence-corrected chi connectivity index (χ0v) is 15.5. The number of thiazole rings is 1. The zero-order chi connectivity index (χ0) is 14.4. The van der Waals surface area contributed by atoms with Crippen LogP contribution in [0, 0.1) is 0 Å². The van der Waals surface area contributed by atoms with Crippen molar-refractivity contribution in [1.29, 1.82) is 0 Å². The zero-order valence-electron chi connectivity index (χ0n) is 12.3. The Morgan fingerprint density at radius 3 is 2.71 bits per heavy atom. The minimum absolute atomic E-state index is 0. The highest BCUT2D eigenvalue weighted by Gasteiger charge is 2.04. The molecule has 0 radical (unpaired) electrons. The molecule has 0 fully saturated rings. The number of aryl methyl sites for hydroxylation is 2. The first kappa shape index (κ1) is 17.8.